The number of rotatable bonds is 7. The Kier molecular flexibility index (Phi) is 4.31. The summed E-state index contributed by atoms with van der Waals surface area (Å²) in [5.41, 5.74) is 1.63. The van der Waals surface area contributed by atoms with Crippen LogP contribution in [0.5, 0.6) is 5.75 Å². The van der Waals surface area contributed by atoms with Crippen LogP contribution in [0.1, 0.15) is 32.9 Å². The van der Waals surface area contributed by atoms with Crippen LogP contribution in [0.2, 0.25) is 0 Å². The van der Waals surface area contributed by atoms with Gasteiger partial charge in [-0.15, -0.1) is 0 Å². The van der Waals surface area contributed by atoms with Crippen molar-refractivity contribution in [2.75, 3.05) is 24.7 Å². The van der Waals surface area contributed by atoms with Gasteiger partial charge in [-0.05, 0) is 18.9 Å². The van der Waals surface area contributed by atoms with Gasteiger partial charge in [0.15, 0.2) is 5.75 Å². The highest BCUT2D eigenvalue weighted by molar-refractivity contribution is 6.01. The highest BCUT2D eigenvalue weighted by Gasteiger charge is 2.30. The zero-order valence-corrected chi connectivity index (χ0v) is 16.1. The van der Waals surface area contributed by atoms with E-state index in [0.29, 0.717) is 22.5 Å². The molecule has 0 bridgehead atoms. The van der Waals surface area contributed by atoms with Crippen molar-refractivity contribution in [1.29, 1.82) is 0 Å². The zero-order chi connectivity index (χ0) is 23.8. The lowest BCUT2D eigenvalue weighted by molar-refractivity contribution is -0.117. The molecule has 0 saturated heterocycles. The second-order valence-electron chi connectivity index (χ2n) is 6.84. The van der Waals surface area contributed by atoms with Gasteiger partial charge in [0.25, 0.3) is 5.91 Å². The van der Waals surface area contributed by atoms with Crippen LogP contribution in [-0.2, 0) is 11.4 Å². The molecule has 156 valence electrons. The van der Waals surface area contributed by atoms with Crippen LogP contribution in [0.4, 0.5) is 17.2 Å². The first-order chi connectivity index (χ1) is 15.7. The number of nitrogens with one attached hydrogen (secondary N) is 3. The maximum Gasteiger partial charge on any atom is 0.254 e. The van der Waals surface area contributed by atoms with E-state index in [1.54, 1.807) is 12.3 Å². The molecule has 10 nitrogen and oxygen atoms in total. The summed E-state index contributed by atoms with van der Waals surface area (Å²) in [5, 5.41) is 21.5. The number of hydrogen-bond acceptors (Lipinski definition) is 7. The third kappa shape index (κ3) is 3.64. The van der Waals surface area contributed by atoms with Gasteiger partial charge in [0.1, 0.15) is 11.3 Å². The van der Waals surface area contributed by atoms with E-state index >= 15 is 0 Å². The summed E-state index contributed by atoms with van der Waals surface area (Å²) in [6.45, 7) is -2.96. The van der Waals surface area contributed by atoms with Crippen LogP contribution in [0.3, 0.4) is 0 Å². The summed E-state index contributed by atoms with van der Waals surface area (Å²) < 4.78 is 29.0. The van der Waals surface area contributed by atoms with Crippen molar-refractivity contribution < 1.29 is 23.5 Å². The van der Waals surface area contributed by atoms with Crippen LogP contribution >= 0.6 is 0 Å². The monoisotopic (exact) mass is 413 g/mol. The van der Waals surface area contributed by atoms with Gasteiger partial charge in [-0.3, -0.25) is 9.59 Å². The largest absolute Gasteiger partial charge is 0.492 e. The Hall–Kier alpha value is -3.66. The SMILES string of the molecule is [2H]C([2H])([2H])NC(=O)c1cnc(NC(=O)C2CC2)cc1Nc1ccn2ncc(CO)c2c1OC. The molecule has 1 aliphatic carbocycles. The summed E-state index contributed by atoms with van der Waals surface area (Å²) in [4.78, 5) is 28.9. The van der Waals surface area contributed by atoms with Crippen molar-refractivity contribution in [2.24, 2.45) is 5.92 Å². The molecule has 1 fully saturated rings. The molecule has 4 rings (SSSR count). The van der Waals surface area contributed by atoms with Crippen LogP contribution in [0, 0.1) is 5.92 Å². The molecule has 1 aliphatic rings. The van der Waals surface area contributed by atoms with E-state index < -0.39 is 12.9 Å². The van der Waals surface area contributed by atoms with Crippen LogP contribution in [0.15, 0.2) is 30.7 Å². The minimum atomic E-state index is -2.70. The summed E-state index contributed by atoms with van der Waals surface area (Å²) in [6, 6.07) is 3.09. The molecule has 0 radical (unpaired) electrons. The summed E-state index contributed by atoms with van der Waals surface area (Å²) in [7, 11) is 1.45. The van der Waals surface area contributed by atoms with Crippen LogP contribution < -0.4 is 20.7 Å². The molecule has 0 aromatic carbocycles. The smallest absolute Gasteiger partial charge is 0.254 e. The van der Waals surface area contributed by atoms with Gasteiger partial charge >= 0.3 is 0 Å². The lowest BCUT2D eigenvalue weighted by Gasteiger charge is -2.16. The van der Waals surface area contributed by atoms with Gasteiger partial charge in [0.05, 0.1) is 36.9 Å². The van der Waals surface area contributed by atoms with Gasteiger partial charge in [0, 0.05) is 41.0 Å². The Morgan fingerprint density at radius 1 is 1.37 bits per heavy atom. The Balaban J connectivity index is 1.75. The van der Waals surface area contributed by atoms with Gasteiger partial charge < -0.3 is 25.8 Å². The van der Waals surface area contributed by atoms with E-state index in [9.17, 15) is 14.7 Å². The Bertz CT molecular complexity index is 1220. The summed E-state index contributed by atoms with van der Waals surface area (Å²) in [5.74, 6) is -0.533. The minimum absolute atomic E-state index is 0.0478. The third-order valence-corrected chi connectivity index (χ3v) is 4.82. The maximum atomic E-state index is 12.6. The molecule has 3 heterocycles. The molecule has 0 aliphatic heterocycles. The Labute approximate surface area is 176 Å². The van der Waals surface area contributed by atoms with Crippen molar-refractivity contribution in [3.63, 3.8) is 0 Å². The number of hydrogen-bond donors (Lipinski definition) is 4. The summed E-state index contributed by atoms with van der Waals surface area (Å²) >= 11 is 0. The zero-order valence-electron chi connectivity index (χ0n) is 19.1. The average Bonchev–Trinajstić information content (AvgIpc) is 3.52. The molecule has 2 amide bonds. The first-order valence-electron chi connectivity index (χ1n) is 10.7. The minimum Gasteiger partial charge on any atom is -0.492 e. The number of carbonyl (C=O) groups is 2. The van der Waals surface area contributed by atoms with E-state index in [0.717, 1.165) is 12.8 Å². The molecule has 10 heteroatoms. The van der Waals surface area contributed by atoms with Crippen LogP contribution in [-0.4, -0.2) is 45.6 Å². The molecule has 3 aromatic rings. The van der Waals surface area contributed by atoms with E-state index in [-0.39, 0.29) is 35.5 Å². The van der Waals surface area contributed by atoms with Crippen molar-refractivity contribution in [1.82, 2.24) is 19.9 Å². The number of ether oxygens (including phenoxy) is 1. The van der Waals surface area contributed by atoms with Gasteiger partial charge in [-0.2, -0.15) is 5.10 Å². The highest BCUT2D eigenvalue weighted by Crippen LogP contribution is 2.35. The number of pyridine rings is 2. The van der Waals surface area contributed by atoms with Gasteiger partial charge in [-0.25, -0.2) is 9.50 Å². The number of carbonyl (C=O) groups excluding carboxylic acids is 2. The number of aliphatic hydroxyl groups is 1. The fourth-order valence-electron chi connectivity index (χ4n) is 3.12. The van der Waals surface area contributed by atoms with Crippen molar-refractivity contribution in [2.45, 2.75) is 19.4 Å². The number of nitrogens with zero attached hydrogens (tertiary/aromatic N) is 3. The molecular formula is C20H22N6O4. The fraction of sp³-hybridized carbons (Fsp3) is 0.300. The predicted molar refractivity (Wildman–Crippen MR) is 110 cm³/mol. The van der Waals surface area contributed by atoms with E-state index in [1.807, 2.05) is 5.32 Å². The second-order valence-corrected chi connectivity index (χ2v) is 6.84. The predicted octanol–water partition coefficient (Wildman–Crippen LogP) is 1.68. The molecule has 0 atom stereocenters. The Morgan fingerprint density at radius 3 is 2.90 bits per heavy atom. The molecule has 0 unspecified atom stereocenters. The topological polar surface area (TPSA) is 130 Å². The van der Waals surface area contributed by atoms with Crippen LogP contribution in [0.25, 0.3) is 5.52 Å². The normalized spacial score (nSPS) is 15.1. The molecule has 1 saturated carbocycles. The fourth-order valence-corrected chi connectivity index (χ4v) is 3.12. The number of aromatic nitrogens is 3. The van der Waals surface area contributed by atoms with E-state index in [1.165, 1.54) is 30.1 Å². The average molecular weight is 413 g/mol. The first-order valence-corrected chi connectivity index (χ1v) is 9.24. The van der Waals surface area contributed by atoms with Crippen molar-refractivity contribution in [3.05, 3.63) is 41.9 Å². The number of aliphatic hydroxyl groups excluding tert-OH is 1. The van der Waals surface area contributed by atoms with Gasteiger partial charge in [0.2, 0.25) is 5.91 Å². The second kappa shape index (κ2) is 7.99. The number of amides is 2. The Morgan fingerprint density at radius 2 is 2.20 bits per heavy atom. The number of methoxy groups -OCH3 is 1. The quantitative estimate of drug-likeness (QED) is 0.464. The van der Waals surface area contributed by atoms with Crippen molar-refractivity contribution >= 4 is 34.5 Å². The van der Waals surface area contributed by atoms with Crippen molar-refractivity contribution in [3.8, 4) is 5.75 Å². The van der Waals surface area contributed by atoms with E-state index in [2.05, 4.69) is 20.7 Å². The lowest BCUT2D eigenvalue weighted by atomic mass is 10.2. The molecular weight excluding hydrogens is 388 g/mol. The molecule has 3 aromatic heterocycles. The molecule has 0 spiro atoms. The number of fused-ring (bicyclic) bond motifs is 1. The summed E-state index contributed by atoms with van der Waals surface area (Å²) in [6.07, 6.45) is 5.96. The maximum absolute atomic E-state index is 12.6. The molecule has 4 N–H and O–H groups in total. The lowest BCUT2D eigenvalue weighted by Crippen LogP contribution is -2.20. The molecule has 30 heavy (non-hydrogen) atoms. The number of anilines is 3. The van der Waals surface area contributed by atoms with E-state index in [4.69, 9.17) is 8.85 Å². The standard InChI is InChI=1S/C20H22N6O4/c1-21-20(29)13-9-22-16(25-19(28)11-3-4-11)7-15(13)24-14-5-6-26-17(18(14)30-2)12(10-27)8-23-26/h5-9,11,27H,3-4,10H2,1-2H3,(H,21,29)(H2,22,24,25,28)/i1D3. The van der Waals surface area contributed by atoms with Gasteiger partial charge in [-0.1, -0.05) is 0 Å². The first kappa shape index (κ1) is 16.2. The third-order valence-electron chi connectivity index (χ3n) is 4.82. The highest BCUT2D eigenvalue weighted by atomic mass is 16.5.